The molecule has 1 unspecified atom stereocenters. The highest BCUT2D eigenvalue weighted by Crippen LogP contribution is 2.57. The second-order valence-corrected chi connectivity index (χ2v) is 10.4. The van der Waals surface area contributed by atoms with Crippen molar-refractivity contribution in [3.05, 3.63) is 111 Å². The number of ether oxygens (including phenoxy) is 2. The van der Waals surface area contributed by atoms with E-state index < -0.39 is 5.60 Å². The van der Waals surface area contributed by atoms with E-state index in [0.29, 0.717) is 33.7 Å². The second-order valence-electron chi connectivity index (χ2n) is 9.59. The van der Waals surface area contributed by atoms with E-state index in [-0.39, 0.29) is 5.97 Å². The van der Waals surface area contributed by atoms with Crippen LogP contribution >= 0.6 is 23.2 Å². The Labute approximate surface area is 238 Å². The van der Waals surface area contributed by atoms with Crippen molar-refractivity contribution in [1.29, 1.82) is 0 Å². The number of carbonyl (C=O) groups excluding carboxylic acids is 1. The number of rotatable bonds is 6. The Morgan fingerprint density at radius 3 is 2.15 bits per heavy atom. The Balaban J connectivity index is 1.57. The average Bonchev–Trinajstić information content (AvgIpc) is 3.25. The molecule has 39 heavy (non-hydrogen) atoms. The van der Waals surface area contributed by atoms with E-state index in [0.717, 1.165) is 46.8 Å². The van der Waals surface area contributed by atoms with Gasteiger partial charge in [-0.2, -0.15) is 0 Å². The normalized spacial score (nSPS) is 16.7. The number of nitrogens with zero attached hydrogens (tertiary/aromatic N) is 2. The van der Waals surface area contributed by atoms with Crippen LogP contribution in [0, 0.1) is 0 Å². The van der Waals surface area contributed by atoms with Crippen molar-refractivity contribution >= 4 is 46.2 Å². The lowest BCUT2D eigenvalue weighted by Crippen LogP contribution is -2.33. The van der Waals surface area contributed by atoms with Crippen LogP contribution in [0.4, 0.5) is 17.1 Å². The summed E-state index contributed by atoms with van der Waals surface area (Å²) in [4.78, 5) is 17.7. The minimum atomic E-state index is -1.13. The van der Waals surface area contributed by atoms with E-state index >= 15 is 0 Å². The summed E-state index contributed by atoms with van der Waals surface area (Å²) in [5.41, 5.74) is 4.71. The zero-order valence-electron chi connectivity index (χ0n) is 22.0. The van der Waals surface area contributed by atoms with Crippen molar-refractivity contribution in [2.45, 2.75) is 26.4 Å². The third-order valence-electron chi connectivity index (χ3n) is 7.65. The third-order valence-corrected chi connectivity index (χ3v) is 8.39. The summed E-state index contributed by atoms with van der Waals surface area (Å²) >= 11 is 12.6. The van der Waals surface area contributed by atoms with E-state index in [1.807, 2.05) is 60.7 Å². The minimum Gasteiger partial charge on any atom is -0.456 e. The molecule has 4 aromatic carbocycles. The number of esters is 1. The first-order valence-corrected chi connectivity index (χ1v) is 13.9. The summed E-state index contributed by atoms with van der Waals surface area (Å²) in [5.74, 6) is 0.984. The van der Waals surface area contributed by atoms with Crippen molar-refractivity contribution in [2.75, 3.05) is 29.4 Å². The van der Waals surface area contributed by atoms with Gasteiger partial charge in [-0.25, -0.2) is 4.79 Å². The van der Waals surface area contributed by atoms with E-state index in [9.17, 15) is 4.79 Å². The SMILES string of the molecule is CCN(CC)c1ccc2c(c1)Oc1ccc(N(CC)c3ccc(Cl)c(Cl)c3)cc1C21OC(=O)c2ccccc21. The summed E-state index contributed by atoms with van der Waals surface area (Å²) in [7, 11) is 0. The Hall–Kier alpha value is -3.67. The molecule has 0 radical (unpaired) electrons. The highest BCUT2D eigenvalue weighted by atomic mass is 35.5. The van der Waals surface area contributed by atoms with Crippen LogP contribution in [-0.2, 0) is 10.3 Å². The average molecular weight is 559 g/mol. The van der Waals surface area contributed by atoms with Gasteiger partial charge in [0.1, 0.15) is 11.5 Å². The molecule has 0 bridgehead atoms. The summed E-state index contributed by atoms with van der Waals surface area (Å²) < 4.78 is 12.9. The highest BCUT2D eigenvalue weighted by molar-refractivity contribution is 6.42. The summed E-state index contributed by atoms with van der Waals surface area (Å²) in [6.45, 7) is 8.77. The molecule has 0 aromatic heterocycles. The van der Waals surface area contributed by atoms with Gasteiger partial charge in [0.25, 0.3) is 0 Å². The largest absolute Gasteiger partial charge is 0.456 e. The molecule has 6 rings (SSSR count). The molecule has 1 spiro atoms. The lowest BCUT2D eigenvalue weighted by molar-refractivity contribution is 0.0224. The third kappa shape index (κ3) is 3.95. The zero-order valence-corrected chi connectivity index (χ0v) is 23.5. The molecule has 0 N–H and O–H groups in total. The van der Waals surface area contributed by atoms with Gasteiger partial charge >= 0.3 is 5.97 Å². The molecule has 0 aliphatic carbocycles. The molecule has 4 aromatic rings. The quantitative estimate of drug-likeness (QED) is 0.222. The van der Waals surface area contributed by atoms with Crippen LogP contribution in [0.2, 0.25) is 10.0 Å². The monoisotopic (exact) mass is 558 g/mol. The van der Waals surface area contributed by atoms with E-state index in [1.54, 1.807) is 6.07 Å². The fourth-order valence-corrected chi connectivity index (χ4v) is 6.06. The summed E-state index contributed by atoms with van der Waals surface area (Å²) in [6.07, 6.45) is 0. The number of halogens is 2. The summed E-state index contributed by atoms with van der Waals surface area (Å²) in [5, 5.41) is 0.992. The number of anilines is 3. The van der Waals surface area contributed by atoms with Crippen molar-refractivity contribution in [2.24, 2.45) is 0 Å². The lowest BCUT2D eigenvalue weighted by atomic mass is 9.77. The smallest absolute Gasteiger partial charge is 0.340 e. The van der Waals surface area contributed by atoms with E-state index in [4.69, 9.17) is 32.7 Å². The number of fused-ring (bicyclic) bond motifs is 6. The van der Waals surface area contributed by atoms with Crippen LogP contribution in [0.25, 0.3) is 0 Å². The maximum Gasteiger partial charge on any atom is 0.340 e. The lowest BCUT2D eigenvalue weighted by Gasteiger charge is -2.38. The first kappa shape index (κ1) is 25.6. The molecule has 0 saturated heterocycles. The van der Waals surface area contributed by atoms with Crippen LogP contribution in [0.1, 0.15) is 47.8 Å². The number of benzene rings is 4. The molecule has 0 amide bonds. The van der Waals surface area contributed by atoms with Gasteiger partial charge in [0.05, 0.1) is 15.6 Å². The van der Waals surface area contributed by atoms with Crippen LogP contribution in [0.15, 0.2) is 78.9 Å². The van der Waals surface area contributed by atoms with Gasteiger partial charge in [-0.1, -0.05) is 41.4 Å². The van der Waals surface area contributed by atoms with Gasteiger partial charge < -0.3 is 19.3 Å². The molecular weight excluding hydrogens is 531 g/mol. The minimum absolute atomic E-state index is 0.348. The predicted octanol–water partition coefficient (Wildman–Crippen LogP) is 8.57. The van der Waals surface area contributed by atoms with Crippen LogP contribution < -0.4 is 14.5 Å². The Kier molecular flexibility index (Phi) is 6.44. The van der Waals surface area contributed by atoms with Crippen LogP contribution in [0.3, 0.4) is 0 Å². The Bertz CT molecular complexity index is 1600. The fraction of sp³-hybridized carbons (Fsp3) is 0.219. The summed E-state index contributed by atoms with van der Waals surface area (Å²) in [6, 6.07) is 25.4. The molecule has 2 aliphatic rings. The molecule has 1 atom stereocenters. The van der Waals surface area contributed by atoms with Gasteiger partial charge in [0.15, 0.2) is 5.60 Å². The van der Waals surface area contributed by atoms with Crippen molar-refractivity contribution in [1.82, 2.24) is 0 Å². The molecule has 198 valence electrons. The molecule has 5 nitrogen and oxygen atoms in total. The fourth-order valence-electron chi connectivity index (χ4n) is 5.77. The Morgan fingerprint density at radius 2 is 1.41 bits per heavy atom. The van der Waals surface area contributed by atoms with E-state index in [2.05, 4.69) is 42.7 Å². The molecule has 0 fully saturated rings. The van der Waals surface area contributed by atoms with Crippen molar-refractivity contribution in [3.8, 4) is 11.5 Å². The van der Waals surface area contributed by atoms with Crippen molar-refractivity contribution < 1.29 is 14.3 Å². The molecule has 7 heteroatoms. The first-order chi connectivity index (χ1) is 18.9. The zero-order chi connectivity index (χ0) is 27.3. The standard InChI is InChI=1S/C32H28Cl2N2O3/c1-4-35(5-2)20-11-14-25-30(19-20)38-29-16-13-21(36(6-3)22-12-15-27(33)28(34)18-22)17-26(29)32(25)24-10-8-7-9-23(24)31(37)39-32/h7-19H,4-6H2,1-3H3. The van der Waals surface area contributed by atoms with Gasteiger partial charge in [-0.05, 0) is 75.4 Å². The van der Waals surface area contributed by atoms with Gasteiger partial charge in [0, 0.05) is 59.5 Å². The van der Waals surface area contributed by atoms with Gasteiger partial charge in [0.2, 0.25) is 0 Å². The molecule has 2 heterocycles. The Morgan fingerprint density at radius 1 is 0.692 bits per heavy atom. The maximum atomic E-state index is 13.3. The van der Waals surface area contributed by atoms with Crippen LogP contribution in [-0.4, -0.2) is 25.6 Å². The topological polar surface area (TPSA) is 42.0 Å². The van der Waals surface area contributed by atoms with Crippen LogP contribution in [0.5, 0.6) is 11.5 Å². The maximum absolute atomic E-state index is 13.3. The molecular formula is C32H28Cl2N2O3. The number of hydrogen-bond donors (Lipinski definition) is 0. The van der Waals surface area contributed by atoms with E-state index in [1.165, 1.54) is 0 Å². The highest BCUT2D eigenvalue weighted by Gasteiger charge is 2.53. The second kappa shape index (κ2) is 9.82. The number of carbonyl (C=O) groups is 1. The van der Waals surface area contributed by atoms with Crippen molar-refractivity contribution in [3.63, 3.8) is 0 Å². The van der Waals surface area contributed by atoms with Gasteiger partial charge in [-0.15, -0.1) is 0 Å². The molecule has 0 saturated carbocycles. The number of hydrogen-bond acceptors (Lipinski definition) is 5. The molecule has 2 aliphatic heterocycles. The first-order valence-electron chi connectivity index (χ1n) is 13.2. The predicted molar refractivity (Wildman–Crippen MR) is 157 cm³/mol. The van der Waals surface area contributed by atoms with Gasteiger partial charge in [-0.3, -0.25) is 0 Å².